The molecule has 0 aliphatic heterocycles. The van der Waals surface area contributed by atoms with E-state index in [9.17, 15) is 4.79 Å². The van der Waals surface area contributed by atoms with E-state index in [2.05, 4.69) is 22.2 Å². The molecule has 100 valence electrons. The minimum absolute atomic E-state index is 0.0291. The van der Waals surface area contributed by atoms with Crippen LogP contribution in [0.2, 0.25) is 0 Å². The van der Waals surface area contributed by atoms with Crippen molar-refractivity contribution in [2.45, 2.75) is 26.7 Å². The van der Waals surface area contributed by atoms with Gasteiger partial charge in [-0.3, -0.25) is 9.78 Å². The second-order valence-corrected chi connectivity index (χ2v) is 5.28. The summed E-state index contributed by atoms with van der Waals surface area (Å²) >= 11 is 1.42. The van der Waals surface area contributed by atoms with Crippen molar-refractivity contribution in [3.63, 3.8) is 0 Å². The van der Waals surface area contributed by atoms with Gasteiger partial charge in [-0.25, -0.2) is 4.98 Å². The van der Waals surface area contributed by atoms with Crippen LogP contribution in [-0.4, -0.2) is 22.4 Å². The lowest BCUT2D eigenvalue weighted by Gasteiger charge is -2.01. The first-order valence-corrected chi connectivity index (χ1v) is 7.20. The van der Waals surface area contributed by atoms with E-state index in [4.69, 9.17) is 0 Å². The van der Waals surface area contributed by atoms with Crippen LogP contribution in [0.1, 0.15) is 35.1 Å². The molecule has 0 aliphatic carbocycles. The van der Waals surface area contributed by atoms with E-state index in [0.717, 1.165) is 35.7 Å². The third kappa shape index (κ3) is 3.38. The van der Waals surface area contributed by atoms with Gasteiger partial charge in [0.2, 0.25) is 0 Å². The Morgan fingerprint density at radius 2 is 2.32 bits per heavy atom. The molecule has 1 amide bonds. The quantitative estimate of drug-likeness (QED) is 0.853. The number of pyridine rings is 1. The monoisotopic (exact) mass is 275 g/mol. The van der Waals surface area contributed by atoms with Gasteiger partial charge in [0, 0.05) is 24.5 Å². The summed E-state index contributed by atoms with van der Waals surface area (Å²) in [7, 11) is 0. The highest BCUT2D eigenvalue weighted by molar-refractivity contribution is 7.17. The predicted molar refractivity (Wildman–Crippen MR) is 77.3 cm³/mol. The first kappa shape index (κ1) is 13.7. The molecule has 0 saturated heterocycles. The summed E-state index contributed by atoms with van der Waals surface area (Å²) in [4.78, 5) is 21.2. The average molecular weight is 275 g/mol. The number of nitrogens with zero attached hydrogens (tertiary/aromatic N) is 2. The normalized spacial score (nSPS) is 10.4. The SMILES string of the molecule is CCCCNC(=O)c1sc(-c2cccnc2)nc1C. The lowest BCUT2D eigenvalue weighted by molar-refractivity contribution is 0.0956. The molecule has 0 saturated carbocycles. The summed E-state index contributed by atoms with van der Waals surface area (Å²) in [5.74, 6) is -0.0291. The lowest BCUT2D eigenvalue weighted by Crippen LogP contribution is -2.24. The van der Waals surface area contributed by atoms with E-state index < -0.39 is 0 Å². The molecule has 19 heavy (non-hydrogen) atoms. The third-order valence-electron chi connectivity index (χ3n) is 2.73. The molecule has 0 fully saturated rings. The molecule has 2 aromatic rings. The topological polar surface area (TPSA) is 54.9 Å². The fourth-order valence-corrected chi connectivity index (χ4v) is 2.65. The molecule has 2 aromatic heterocycles. The van der Waals surface area contributed by atoms with E-state index in [0.29, 0.717) is 4.88 Å². The van der Waals surface area contributed by atoms with Crippen molar-refractivity contribution in [3.05, 3.63) is 35.1 Å². The highest BCUT2D eigenvalue weighted by Crippen LogP contribution is 2.27. The summed E-state index contributed by atoms with van der Waals surface area (Å²) in [5.41, 5.74) is 1.72. The van der Waals surface area contributed by atoms with E-state index in [1.54, 1.807) is 12.4 Å². The summed E-state index contributed by atoms with van der Waals surface area (Å²) < 4.78 is 0. The Morgan fingerprint density at radius 3 is 3.00 bits per heavy atom. The molecule has 4 nitrogen and oxygen atoms in total. The predicted octanol–water partition coefficient (Wildman–Crippen LogP) is 3.04. The minimum atomic E-state index is -0.0291. The molecule has 0 bridgehead atoms. The number of hydrogen-bond donors (Lipinski definition) is 1. The highest BCUT2D eigenvalue weighted by Gasteiger charge is 2.15. The van der Waals surface area contributed by atoms with Gasteiger partial charge in [0.1, 0.15) is 9.88 Å². The maximum absolute atomic E-state index is 12.0. The fraction of sp³-hybridized carbons (Fsp3) is 0.357. The van der Waals surface area contributed by atoms with Crippen molar-refractivity contribution in [1.29, 1.82) is 0 Å². The lowest BCUT2D eigenvalue weighted by atomic mass is 10.3. The van der Waals surface area contributed by atoms with Crippen LogP contribution in [0.25, 0.3) is 10.6 Å². The summed E-state index contributed by atoms with van der Waals surface area (Å²) in [6.45, 7) is 4.69. The summed E-state index contributed by atoms with van der Waals surface area (Å²) in [5, 5.41) is 3.76. The first-order valence-electron chi connectivity index (χ1n) is 6.38. The molecule has 0 atom stereocenters. The van der Waals surface area contributed by atoms with Crippen molar-refractivity contribution < 1.29 is 4.79 Å². The Bertz CT molecular complexity index is 551. The Hall–Kier alpha value is -1.75. The van der Waals surface area contributed by atoms with Crippen molar-refractivity contribution in [2.24, 2.45) is 0 Å². The van der Waals surface area contributed by atoms with Crippen LogP contribution in [0.15, 0.2) is 24.5 Å². The highest BCUT2D eigenvalue weighted by atomic mass is 32.1. The fourth-order valence-electron chi connectivity index (χ4n) is 1.68. The van der Waals surface area contributed by atoms with Crippen molar-refractivity contribution in [2.75, 3.05) is 6.54 Å². The van der Waals surface area contributed by atoms with Crippen molar-refractivity contribution >= 4 is 17.2 Å². The molecule has 0 spiro atoms. The number of hydrogen-bond acceptors (Lipinski definition) is 4. The van der Waals surface area contributed by atoms with Crippen LogP contribution in [-0.2, 0) is 0 Å². The maximum atomic E-state index is 12.0. The standard InChI is InChI=1S/C14H17N3OS/c1-3-4-8-16-13(18)12-10(2)17-14(19-12)11-6-5-7-15-9-11/h5-7,9H,3-4,8H2,1-2H3,(H,16,18). The van der Waals surface area contributed by atoms with Gasteiger partial charge in [-0.15, -0.1) is 11.3 Å². The van der Waals surface area contributed by atoms with Gasteiger partial charge in [0.25, 0.3) is 5.91 Å². The van der Waals surface area contributed by atoms with Crippen LogP contribution < -0.4 is 5.32 Å². The molecule has 0 aromatic carbocycles. The van der Waals surface area contributed by atoms with Gasteiger partial charge < -0.3 is 5.32 Å². The molecule has 2 rings (SSSR count). The number of rotatable bonds is 5. The van der Waals surface area contributed by atoms with Gasteiger partial charge in [0.15, 0.2) is 0 Å². The zero-order chi connectivity index (χ0) is 13.7. The minimum Gasteiger partial charge on any atom is -0.351 e. The van der Waals surface area contributed by atoms with E-state index in [1.165, 1.54) is 11.3 Å². The zero-order valence-corrected chi connectivity index (χ0v) is 12.0. The van der Waals surface area contributed by atoms with Gasteiger partial charge in [-0.2, -0.15) is 0 Å². The molecule has 0 aliphatic rings. The molecular formula is C14H17N3OS. The smallest absolute Gasteiger partial charge is 0.263 e. The number of nitrogens with one attached hydrogen (secondary N) is 1. The van der Waals surface area contributed by atoms with Gasteiger partial charge in [-0.05, 0) is 25.5 Å². The number of amides is 1. The molecule has 5 heteroatoms. The number of unbranched alkanes of at least 4 members (excludes halogenated alkanes) is 1. The molecular weight excluding hydrogens is 258 g/mol. The van der Waals surface area contributed by atoms with E-state index >= 15 is 0 Å². The second kappa shape index (κ2) is 6.43. The Balaban J connectivity index is 2.15. The number of carbonyl (C=O) groups excluding carboxylic acids is 1. The van der Waals surface area contributed by atoms with Gasteiger partial charge in [-0.1, -0.05) is 13.3 Å². The summed E-state index contributed by atoms with van der Waals surface area (Å²) in [6.07, 6.45) is 5.56. The molecule has 2 heterocycles. The maximum Gasteiger partial charge on any atom is 0.263 e. The Morgan fingerprint density at radius 1 is 1.47 bits per heavy atom. The van der Waals surface area contributed by atoms with E-state index in [-0.39, 0.29) is 5.91 Å². The van der Waals surface area contributed by atoms with Crippen LogP contribution in [0.5, 0.6) is 0 Å². The Kier molecular flexibility index (Phi) is 4.63. The van der Waals surface area contributed by atoms with Gasteiger partial charge >= 0.3 is 0 Å². The summed E-state index contributed by atoms with van der Waals surface area (Å²) in [6, 6.07) is 3.82. The largest absolute Gasteiger partial charge is 0.351 e. The van der Waals surface area contributed by atoms with Crippen LogP contribution >= 0.6 is 11.3 Å². The van der Waals surface area contributed by atoms with Gasteiger partial charge in [0.05, 0.1) is 5.69 Å². The van der Waals surface area contributed by atoms with Crippen molar-refractivity contribution in [1.82, 2.24) is 15.3 Å². The molecule has 0 radical (unpaired) electrons. The first-order chi connectivity index (χ1) is 9.22. The van der Waals surface area contributed by atoms with Crippen LogP contribution in [0, 0.1) is 6.92 Å². The van der Waals surface area contributed by atoms with E-state index in [1.807, 2.05) is 19.1 Å². The number of carbonyl (C=O) groups is 1. The zero-order valence-electron chi connectivity index (χ0n) is 11.1. The molecule has 1 N–H and O–H groups in total. The number of aromatic nitrogens is 2. The van der Waals surface area contributed by atoms with Crippen LogP contribution in [0.4, 0.5) is 0 Å². The van der Waals surface area contributed by atoms with Crippen LogP contribution in [0.3, 0.4) is 0 Å². The second-order valence-electron chi connectivity index (χ2n) is 4.28. The number of aryl methyl sites for hydroxylation is 1. The number of thiazole rings is 1. The third-order valence-corrected chi connectivity index (χ3v) is 3.93. The van der Waals surface area contributed by atoms with Crippen molar-refractivity contribution in [3.8, 4) is 10.6 Å². The molecule has 0 unspecified atom stereocenters. The average Bonchev–Trinajstić information content (AvgIpc) is 2.82. The Labute approximate surface area is 116 Å².